The first-order valence-corrected chi connectivity index (χ1v) is 1.41. The minimum atomic E-state index is -0.523. The van der Waals surface area contributed by atoms with Gasteiger partial charge in [-0.3, -0.25) is 10.2 Å². The summed E-state index contributed by atoms with van der Waals surface area (Å²) in [6.07, 6.45) is 0. The predicted octanol–water partition coefficient (Wildman–Crippen LogP) is -3.38. The van der Waals surface area contributed by atoms with Crippen molar-refractivity contribution in [3.05, 3.63) is 0 Å². The number of hydrogen-bond acceptors (Lipinski definition) is 2. The Kier molecular flexibility index (Phi) is 11.1. The van der Waals surface area contributed by atoms with Gasteiger partial charge in [-0.1, -0.05) is 12.6 Å². The first kappa shape index (κ1) is 10.4. The molecule has 0 aromatic carbocycles. The Labute approximate surface area is 85.3 Å². The molecule has 0 rings (SSSR count). The molecule has 0 atom stereocenters. The second kappa shape index (κ2) is 6.42. The summed E-state index contributed by atoms with van der Waals surface area (Å²) >= 11 is 3.22. The zero-order valence-corrected chi connectivity index (χ0v) is 7.45. The largest absolute Gasteiger partial charge is 1.00 e. The van der Waals surface area contributed by atoms with Crippen LogP contribution >= 0.6 is 12.6 Å². The van der Waals surface area contributed by atoms with Crippen LogP contribution in [-0.4, -0.2) is 5.24 Å². The van der Waals surface area contributed by atoms with Crippen molar-refractivity contribution in [1.29, 1.82) is 0 Å². The topological polar surface area (TPSA) is 55.1 Å². The molecule has 0 fully saturated rings. The third kappa shape index (κ3) is 9.05. The van der Waals surface area contributed by atoms with Gasteiger partial charge in [0, 0.05) is 0 Å². The van der Waals surface area contributed by atoms with Crippen LogP contribution in [-0.2, 0) is 0 Å². The Hall–Kier alpha value is 1.42. The third-order valence-electron chi connectivity index (χ3n) is 0.123. The maximum absolute atomic E-state index is 9.44. The van der Waals surface area contributed by atoms with Crippen LogP contribution in [0.15, 0.2) is 0 Å². The van der Waals surface area contributed by atoms with Gasteiger partial charge in [0.25, 0.3) is 5.24 Å². The van der Waals surface area contributed by atoms with E-state index in [9.17, 15) is 4.79 Å². The van der Waals surface area contributed by atoms with Crippen LogP contribution in [0.4, 0.5) is 4.79 Å². The SMILES string of the molecule is NNC(=O)S.[H-].[K+]. The van der Waals surface area contributed by atoms with Gasteiger partial charge in [-0.15, -0.1) is 0 Å². The Balaban J connectivity index is -0.0000000800. The van der Waals surface area contributed by atoms with E-state index in [4.69, 9.17) is 0 Å². The average molecular weight is 132 g/mol. The Morgan fingerprint density at radius 2 is 2.17 bits per heavy atom. The van der Waals surface area contributed by atoms with E-state index < -0.39 is 5.24 Å². The zero-order chi connectivity index (χ0) is 4.28. The van der Waals surface area contributed by atoms with Gasteiger partial charge in [-0.25, -0.2) is 5.84 Å². The Morgan fingerprint density at radius 3 is 2.17 bits per heavy atom. The van der Waals surface area contributed by atoms with Gasteiger partial charge in [0.1, 0.15) is 0 Å². The third-order valence-corrected chi connectivity index (χ3v) is 0.253. The van der Waals surface area contributed by atoms with Crippen molar-refractivity contribution < 1.29 is 57.6 Å². The van der Waals surface area contributed by atoms with Gasteiger partial charge in [0.2, 0.25) is 0 Å². The van der Waals surface area contributed by atoms with Crippen LogP contribution in [0.25, 0.3) is 0 Å². The predicted molar refractivity (Wildman–Crippen MR) is 22.8 cm³/mol. The molecule has 0 aromatic heterocycles. The first-order chi connectivity index (χ1) is 2.27. The van der Waals surface area contributed by atoms with Crippen LogP contribution in [0.2, 0.25) is 0 Å². The van der Waals surface area contributed by atoms with Gasteiger partial charge >= 0.3 is 51.4 Å². The fraction of sp³-hybridized carbons (Fsp3) is 0. The molecule has 0 aliphatic carbocycles. The molecule has 0 aliphatic heterocycles. The van der Waals surface area contributed by atoms with Crippen molar-refractivity contribution in [2.45, 2.75) is 0 Å². The minimum absolute atomic E-state index is 0. The summed E-state index contributed by atoms with van der Waals surface area (Å²) in [5.41, 5.74) is 1.75. The van der Waals surface area contributed by atoms with Crippen molar-refractivity contribution in [3.8, 4) is 0 Å². The average Bonchev–Trinajstić information content (AvgIpc) is 1.38. The standard InChI is InChI=1S/CH4N2OS.K.H/c2-3-1(4)5;;/h2H2,(H2,3,4,5);;/q;+1;-1. The van der Waals surface area contributed by atoms with Crippen LogP contribution in [0.5, 0.6) is 0 Å². The summed E-state index contributed by atoms with van der Waals surface area (Å²) in [6.45, 7) is 0. The van der Waals surface area contributed by atoms with E-state index >= 15 is 0 Å². The summed E-state index contributed by atoms with van der Waals surface area (Å²) in [6, 6.07) is 0. The molecule has 0 aliphatic rings. The molecule has 1 amide bonds. The molecule has 0 radical (unpaired) electrons. The summed E-state index contributed by atoms with van der Waals surface area (Å²) < 4.78 is 0. The minimum Gasteiger partial charge on any atom is -1.00 e. The van der Waals surface area contributed by atoms with E-state index in [0.717, 1.165) is 0 Å². The number of amides is 1. The molecule has 0 bridgehead atoms. The molecule has 3 nitrogen and oxygen atoms in total. The van der Waals surface area contributed by atoms with E-state index in [1.54, 1.807) is 5.43 Å². The van der Waals surface area contributed by atoms with Gasteiger partial charge in [-0.2, -0.15) is 0 Å². The van der Waals surface area contributed by atoms with Crippen LogP contribution in [0.3, 0.4) is 0 Å². The molecule has 5 heteroatoms. The summed E-state index contributed by atoms with van der Waals surface area (Å²) in [5, 5.41) is -0.523. The number of nitrogens with one attached hydrogen (secondary N) is 1. The monoisotopic (exact) mass is 132 g/mol. The molecule has 0 saturated heterocycles. The fourth-order valence-corrected chi connectivity index (χ4v) is 0. The van der Waals surface area contributed by atoms with Crippen LogP contribution in [0, 0.1) is 0 Å². The second-order valence-electron chi connectivity index (χ2n) is 0.449. The number of hydrogen-bond donors (Lipinski definition) is 3. The maximum Gasteiger partial charge on any atom is 1.00 e. The number of nitrogens with two attached hydrogens (primary N) is 1. The second-order valence-corrected chi connectivity index (χ2v) is 0.856. The number of carbonyl (C=O) groups excluding carboxylic acids is 1. The Bertz CT molecular complexity index is 53.0. The molecular weight excluding hydrogens is 127 g/mol. The van der Waals surface area contributed by atoms with E-state index in [1.807, 2.05) is 0 Å². The van der Waals surface area contributed by atoms with Gasteiger partial charge in [-0.05, 0) is 0 Å². The van der Waals surface area contributed by atoms with E-state index in [0.29, 0.717) is 0 Å². The number of rotatable bonds is 0. The molecule has 32 valence electrons. The molecule has 0 heterocycles. The van der Waals surface area contributed by atoms with Gasteiger partial charge in [0.15, 0.2) is 0 Å². The molecule has 0 saturated carbocycles. The number of carbonyl (C=O) groups is 1. The smallest absolute Gasteiger partial charge is 1.00 e. The van der Waals surface area contributed by atoms with E-state index in [2.05, 4.69) is 18.5 Å². The van der Waals surface area contributed by atoms with Gasteiger partial charge < -0.3 is 1.43 Å². The molecule has 6 heavy (non-hydrogen) atoms. The van der Waals surface area contributed by atoms with Crippen molar-refractivity contribution in [2.75, 3.05) is 0 Å². The quantitative estimate of drug-likeness (QED) is 0.106. The maximum atomic E-state index is 9.44. The van der Waals surface area contributed by atoms with Crippen LogP contribution in [0.1, 0.15) is 1.43 Å². The first-order valence-electron chi connectivity index (χ1n) is 0.966. The summed E-state index contributed by atoms with van der Waals surface area (Å²) in [7, 11) is 0. The Morgan fingerprint density at radius 1 is 2.00 bits per heavy atom. The van der Waals surface area contributed by atoms with Crippen molar-refractivity contribution in [2.24, 2.45) is 5.84 Å². The number of hydrazine groups is 1. The van der Waals surface area contributed by atoms with E-state index in [1.165, 1.54) is 0 Å². The molecule has 0 spiro atoms. The molecule has 0 aromatic rings. The zero-order valence-electron chi connectivity index (χ0n) is 4.43. The normalized spacial score (nSPS) is 5.67. The molecule has 0 unspecified atom stereocenters. The van der Waals surface area contributed by atoms with Crippen molar-refractivity contribution in [3.63, 3.8) is 0 Å². The van der Waals surface area contributed by atoms with Crippen LogP contribution < -0.4 is 62.7 Å². The molecular formula is CH5KN2OS. The number of thiol groups is 1. The van der Waals surface area contributed by atoms with Gasteiger partial charge in [0.05, 0.1) is 0 Å². The van der Waals surface area contributed by atoms with E-state index in [-0.39, 0.29) is 52.8 Å². The fourth-order valence-electron chi connectivity index (χ4n) is 0. The van der Waals surface area contributed by atoms with Crippen molar-refractivity contribution >= 4 is 17.9 Å². The summed E-state index contributed by atoms with van der Waals surface area (Å²) in [5.74, 6) is 4.50. The van der Waals surface area contributed by atoms with Crippen molar-refractivity contribution in [1.82, 2.24) is 5.43 Å². The summed E-state index contributed by atoms with van der Waals surface area (Å²) in [4.78, 5) is 9.44. The molecule has 3 N–H and O–H groups in total.